The van der Waals surface area contributed by atoms with E-state index in [-0.39, 0.29) is 0 Å². The van der Waals surface area contributed by atoms with Gasteiger partial charge in [-0.1, -0.05) is 16.8 Å². The number of nitrogens with zero attached hydrogens (tertiary/aromatic N) is 6. The Bertz CT molecular complexity index is 781. The minimum Gasteiger partial charge on any atom is -0.300 e. The SMILES string of the molecule is C[S@@](=O)c1nncn1Cc1cn(-c2ccc(Cl)cc2)nn1. The number of rotatable bonds is 4. The van der Waals surface area contributed by atoms with Crippen LogP contribution in [-0.4, -0.2) is 40.2 Å². The van der Waals surface area contributed by atoms with Gasteiger partial charge in [-0.3, -0.25) is 4.21 Å². The van der Waals surface area contributed by atoms with Gasteiger partial charge in [0.15, 0.2) is 0 Å². The standard InChI is InChI=1S/C12H11ClN6OS/c1-21(20)12-16-14-8-18(12)6-10-7-19(17-15-10)11-4-2-9(13)3-5-11/h2-5,7-8H,6H2,1H3/t21-/m1/s1. The summed E-state index contributed by atoms with van der Waals surface area (Å²) in [5, 5.41) is 16.8. The van der Waals surface area contributed by atoms with E-state index in [1.54, 1.807) is 33.8 Å². The van der Waals surface area contributed by atoms with Gasteiger partial charge in [0.1, 0.15) is 12.0 Å². The van der Waals surface area contributed by atoms with Crippen molar-refractivity contribution in [2.45, 2.75) is 11.7 Å². The van der Waals surface area contributed by atoms with Crippen LogP contribution in [0.3, 0.4) is 0 Å². The van der Waals surface area contributed by atoms with Crippen LogP contribution in [-0.2, 0) is 17.3 Å². The monoisotopic (exact) mass is 322 g/mol. The average molecular weight is 323 g/mol. The molecule has 1 atom stereocenters. The summed E-state index contributed by atoms with van der Waals surface area (Å²) in [4.78, 5) is 0. The predicted octanol–water partition coefficient (Wildman–Crippen LogP) is 1.30. The van der Waals surface area contributed by atoms with Crippen LogP contribution in [0.15, 0.2) is 41.9 Å². The van der Waals surface area contributed by atoms with Gasteiger partial charge in [0, 0.05) is 11.3 Å². The lowest BCUT2D eigenvalue weighted by Crippen LogP contribution is -2.05. The first-order valence-corrected chi connectivity index (χ1v) is 7.95. The fourth-order valence-electron chi connectivity index (χ4n) is 1.84. The van der Waals surface area contributed by atoms with Crippen LogP contribution in [0.2, 0.25) is 5.02 Å². The van der Waals surface area contributed by atoms with E-state index in [0.717, 1.165) is 11.4 Å². The molecule has 0 aliphatic rings. The number of aromatic nitrogens is 6. The maximum atomic E-state index is 11.5. The summed E-state index contributed by atoms with van der Waals surface area (Å²) in [6, 6.07) is 7.28. The second kappa shape index (κ2) is 5.74. The highest BCUT2D eigenvalue weighted by molar-refractivity contribution is 7.84. The van der Waals surface area contributed by atoms with Crippen LogP contribution < -0.4 is 0 Å². The second-order valence-corrected chi connectivity index (χ2v) is 6.04. The van der Waals surface area contributed by atoms with Gasteiger partial charge in [-0.25, -0.2) is 4.68 Å². The molecule has 0 N–H and O–H groups in total. The Morgan fingerprint density at radius 1 is 1.24 bits per heavy atom. The molecule has 0 fully saturated rings. The Morgan fingerprint density at radius 3 is 2.71 bits per heavy atom. The molecule has 0 saturated carbocycles. The van der Waals surface area contributed by atoms with Gasteiger partial charge in [0.2, 0.25) is 5.16 Å². The first kappa shape index (κ1) is 13.9. The zero-order chi connectivity index (χ0) is 14.8. The number of benzene rings is 1. The van der Waals surface area contributed by atoms with E-state index in [9.17, 15) is 4.21 Å². The van der Waals surface area contributed by atoms with Gasteiger partial charge in [0.25, 0.3) is 0 Å². The first-order chi connectivity index (χ1) is 10.1. The van der Waals surface area contributed by atoms with Gasteiger partial charge in [-0.15, -0.1) is 15.3 Å². The Morgan fingerprint density at radius 2 is 2.00 bits per heavy atom. The second-order valence-electron chi connectivity index (χ2n) is 4.33. The molecular formula is C12H11ClN6OS. The van der Waals surface area contributed by atoms with E-state index in [1.165, 1.54) is 6.33 Å². The van der Waals surface area contributed by atoms with Crippen LogP contribution in [0.5, 0.6) is 0 Å². The van der Waals surface area contributed by atoms with Crippen molar-refractivity contribution in [2.24, 2.45) is 0 Å². The minimum atomic E-state index is -1.20. The van der Waals surface area contributed by atoms with Crippen molar-refractivity contribution in [1.29, 1.82) is 0 Å². The quantitative estimate of drug-likeness (QED) is 0.723. The molecule has 0 aliphatic carbocycles. The van der Waals surface area contributed by atoms with Crippen molar-refractivity contribution < 1.29 is 4.21 Å². The maximum Gasteiger partial charge on any atom is 0.221 e. The van der Waals surface area contributed by atoms with Crippen molar-refractivity contribution in [1.82, 2.24) is 29.8 Å². The lowest BCUT2D eigenvalue weighted by atomic mass is 10.3. The Hall–Kier alpha value is -2.06. The summed E-state index contributed by atoms with van der Waals surface area (Å²) in [7, 11) is -1.20. The zero-order valence-corrected chi connectivity index (χ0v) is 12.6. The molecule has 3 aromatic rings. The number of halogens is 1. The normalized spacial score (nSPS) is 12.5. The molecule has 2 aromatic heterocycles. The van der Waals surface area contributed by atoms with Crippen LogP contribution in [0.25, 0.3) is 5.69 Å². The third-order valence-corrected chi connectivity index (χ3v) is 3.88. The van der Waals surface area contributed by atoms with Crippen molar-refractivity contribution in [2.75, 3.05) is 6.26 Å². The summed E-state index contributed by atoms with van der Waals surface area (Å²) in [5.74, 6) is 0. The summed E-state index contributed by atoms with van der Waals surface area (Å²) < 4.78 is 14.8. The molecule has 0 radical (unpaired) electrons. The van der Waals surface area contributed by atoms with Gasteiger partial charge >= 0.3 is 0 Å². The van der Waals surface area contributed by atoms with E-state index < -0.39 is 10.8 Å². The molecule has 2 heterocycles. The van der Waals surface area contributed by atoms with Gasteiger partial charge in [-0.2, -0.15) is 0 Å². The summed E-state index contributed by atoms with van der Waals surface area (Å²) in [6.07, 6.45) is 4.88. The lowest BCUT2D eigenvalue weighted by molar-refractivity contribution is 0.647. The molecule has 0 bridgehead atoms. The molecule has 21 heavy (non-hydrogen) atoms. The van der Waals surface area contributed by atoms with Gasteiger partial charge in [-0.05, 0) is 24.3 Å². The Kier molecular flexibility index (Phi) is 3.80. The molecule has 1 aromatic carbocycles. The number of hydrogen-bond donors (Lipinski definition) is 0. The molecule has 0 spiro atoms. The van der Waals surface area contributed by atoms with E-state index in [1.807, 2.05) is 12.1 Å². The number of hydrogen-bond acceptors (Lipinski definition) is 5. The fraction of sp³-hybridized carbons (Fsp3) is 0.167. The summed E-state index contributed by atoms with van der Waals surface area (Å²) >= 11 is 5.85. The molecule has 0 amide bonds. The fourth-order valence-corrected chi connectivity index (χ4v) is 2.57. The van der Waals surface area contributed by atoms with Crippen molar-refractivity contribution in [3.63, 3.8) is 0 Å². The molecule has 0 saturated heterocycles. The maximum absolute atomic E-state index is 11.5. The Labute approximate surface area is 128 Å². The Balaban J connectivity index is 1.83. The van der Waals surface area contributed by atoms with Gasteiger partial charge in [0.05, 0.1) is 29.2 Å². The van der Waals surface area contributed by atoms with Gasteiger partial charge < -0.3 is 4.57 Å². The van der Waals surface area contributed by atoms with Crippen molar-refractivity contribution in [3.8, 4) is 5.69 Å². The van der Waals surface area contributed by atoms with Crippen LogP contribution >= 0.6 is 11.6 Å². The van der Waals surface area contributed by atoms with Crippen LogP contribution in [0, 0.1) is 0 Å². The highest BCUT2D eigenvalue weighted by Gasteiger charge is 2.10. The smallest absolute Gasteiger partial charge is 0.221 e. The molecule has 0 unspecified atom stereocenters. The molecular weight excluding hydrogens is 312 g/mol. The van der Waals surface area contributed by atoms with E-state index in [0.29, 0.717) is 16.7 Å². The van der Waals surface area contributed by atoms with E-state index >= 15 is 0 Å². The third kappa shape index (κ3) is 3.01. The van der Waals surface area contributed by atoms with Crippen molar-refractivity contribution >= 4 is 22.4 Å². The molecule has 0 aliphatic heterocycles. The van der Waals surface area contributed by atoms with E-state index in [4.69, 9.17) is 11.6 Å². The third-order valence-electron chi connectivity index (χ3n) is 2.80. The first-order valence-electron chi connectivity index (χ1n) is 6.02. The highest BCUT2D eigenvalue weighted by atomic mass is 35.5. The zero-order valence-electron chi connectivity index (χ0n) is 11.0. The molecule has 3 rings (SSSR count). The summed E-state index contributed by atoms with van der Waals surface area (Å²) in [5.41, 5.74) is 1.58. The van der Waals surface area contributed by atoms with E-state index in [2.05, 4.69) is 20.5 Å². The van der Waals surface area contributed by atoms with Crippen LogP contribution in [0.4, 0.5) is 0 Å². The molecule has 9 heteroatoms. The largest absolute Gasteiger partial charge is 0.300 e. The molecule has 108 valence electrons. The summed E-state index contributed by atoms with van der Waals surface area (Å²) in [6.45, 7) is 0.412. The lowest BCUT2D eigenvalue weighted by Gasteiger charge is -2.01. The van der Waals surface area contributed by atoms with Crippen molar-refractivity contribution in [3.05, 3.63) is 47.5 Å². The average Bonchev–Trinajstić information content (AvgIpc) is 3.09. The highest BCUT2D eigenvalue weighted by Crippen LogP contribution is 2.13. The predicted molar refractivity (Wildman–Crippen MR) is 77.8 cm³/mol. The topological polar surface area (TPSA) is 78.5 Å². The molecule has 7 nitrogen and oxygen atoms in total. The minimum absolute atomic E-state index is 0.412. The van der Waals surface area contributed by atoms with Crippen LogP contribution in [0.1, 0.15) is 5.69 Å².